The molecule has 8 nitrogen and oxygen atoms in total. The largest absolute Gasteiger partial charge is 0.350 e. The van der Waals surface area contributed by atoms with Crippen molar-refractivity contribution < 1.29 is 19.2 Å². The molecule has 1 aliphatic heterocycles. The Morgan fingerprint density at radius 3 is 2.25 bits per heavy atom. The zero-order valence-corrected chi connectivity index (χ0v) is 19.6. The van der Waals surface area contributed by atoms with Crippen molar-refractivity contribution in [1.29, 1.82) is 0 Å². The van der Waals surface area contributed by atoms with Crippen LogP contribution in [0.4, 0.5) is 10.5 Å². The molecule has 1 saturated heterocycles. The van der Waals surface area contributed by atoms with E-state index in [4.69, 9.17) is 0 Å². The number of urea groups is 1. The fourth-order valence-electron chi connectivity index (χ4n) is 4.53. The highest BCUT2D eigenvalue weighted by molar-refractivity contribution is 6.10. The van der Waals surface area contributed by atoms with Gasteiger partial charge in [-0.2, -0.15) is 0 Å². The van der Waals surface area contributed by atoms with Crippen LogP contribution in [0.3, 0.4) is 0 Å². The van der Waals surface area contributed by atoms with E-state index in [1.807, 2.05) is 13.8 Å². The van der Waals surface area contributed by atoms with Crippen LogP contribution in [0.1, 0.15) is 70.7 Å². The van der Waals surface area contributed by atoms with E-state index in [0.717, 1.165) is 17.7 Å². The number of hydrogen-bond donors (Lipinski definition) is 3. The van der Waals surface area contributed by atoms with Crippen molar-refractivity contribution in [2.75, 3.05) is 11.9 Å². The summed E-state index contributed by atoms with van der Waals surface area (Å²) in [5, 5.41) is 8.35. The molecule has 0 unspecified atom stereocenters. The van der Waals surface area contributed by atoms with Crippen molar-refractivity contribution in [3.05, 3.63) is 29.8 Å². The number of anilines is 1. The summed E-state index contributed by atoms with van der Waals surface area (Å²) in [4.78, 5) is 51.1. The third-order valence-corrected chi connectivity index (χ3v) is 6.46. The summed E-state index contributed by atoms with van der Waals surface area (Å²) in [6, 6.07) is 5.98. The van der Waals surface area contributed by atoms with Crippen LogP contribution in [0.2, 0.25) is 0 Å². The van der Waals surface area contributed by atoms with Gasteiger partial charge in [0.1, 0.15) is 12.1 Å². The predicted octanol–water partition coefficient (Wildman–Crippen LogP) is 3.29. The van der Waals surface area contributed by atoms with Gasteiger partial charge in [-0.25, -0.2) is 4.79 Å². The normalized spacial score (nSPS) is 23.4. The van der Waals surface area contributed by atoms with E-state index in [2.05, 4.69) is 36.7 Å². The van der Waals surface area contributed by atoms with Gasteiger partial charge < -0.3 is 16.0 Å². The molecule has 0 bridgehead atoms. The Bertz CT molecular complexity index is 894. The monoisotopic (exact) mass is 442 g/mol. The van der Waals surface area contributed by atoms with Gasteiger partial charge in [-0.3, -0.25) is 19.3 Å². The van der Waals surface area contributed by atoms with Crippen LogP contribution in [-0.2, 0) is 9.59 Å². The van der Waals surface area contributed by atoms with Crippen LogP contribution in [0.15, 0.2) is 24.3 Å². The van der Waals surface area contributed by atoms with Crippen molar-refractivity contribution in [2.24, 2.45) is 11.3 Å². The molecule has 3 N–H and O–H groups in total. The SMILES string of the molecule is CC(C)NC(=O)c1ccc(NC(=O)CN2C(=O)NC3(CCC(C(C)(C)C)CC3)C2=O)cc1. The minimum Gasteiger partial charge on any atom is -0.350 e. The summed E-state index contributed by atoms with van der Waals surface area (Å²) in [6.45, 7) is 10.0. The second-order valence-corrected chi connectivity index (χ2v) is 10.3. The number of carbonyl (C=O) groups excluding carboxylic acids is 4. The molecule has 1 heterocycles. The second kappa shape index (κ2) is 8.92. The maximum atomic E-state index is 13.1. The van der Waals surface area contributed by atoms with Gasteiger partial charge in [0.25, 0.3) is 11.8 Å². The molecule has 32 heavy (non-hydrogen) atoms. The van der Waals surface area contributed by atoms with Crippen molar-refractivity contribution in [2.45, 2.75) is 71.9 Å². The average molecular weight is 443 g/mol. The van der Waals surface area contributed by atoms with Crippen molar-refractivity contribution >= 4 is 29.4 Å². The fraction of sp³-hybridized carbons (Fsp3) is 0.583. The Labute approximate surface area is 189 Å². The average Bonchev–Trinajstić information content (AvgIpc) is 2.91. The highest BCUT2D eigenvalue weighted by Crippen LogP contribution is 2.43. The first-order valence-electron chi connectivity index (χ1n) is 11.3. The maximum absolute atomic E-state index is 13.1. The molecule has 2 fully saturated rings. The number of imide groups is 1. The molecule has 3 rings (SSSR count). The first-order valence-corrected chi connectivity index (χ1v) is 11.3. The van der Waals surface area contributed by atoms with Crippen molar-refractivity contribution in [3.63, 3.8) is 0 Å². The van der Waals surface area contributed by atoms with Gasteiger partial charge in [0.15, 0.2) is 0 Å². The lowest BCUT2D eigenvalue weighted by Gasteiger charge is -2.40. The highest BCUT2D eigenvalue weighted by atomic mass is 16.2. The van der Waals surface area contributed by atoms with Gasteiger partial charge in [0.05, 0.1) is 0 Å². The van der Waals surface area contributed by atoms with Gasteiger partial charge in [0.2, 0.25) is 5.91 Å². The predicted molar refractivity (Wildman–Crippen MR) is 122 cm³/mol. The van der Waals surface area contributed by atoms with Crippen molar-refractivity contribution in [3.8, 4) is 0 Å². The number of rotatable bonds is 5. The van der Waals surface area contributed by atoms with E-state index >= 15 is 0 Å². The Balaban J connectivity index is 1.58. The minimum absolute atomic E-state index is 0.0258. The number of amides is 5. The van der Waals surface area contributed by atoms with Crippen LogP contribution >= 0.6 is 0 Å². The highest BCUT2D eigenvalue weighted by Gasteiger charge is 2.53. The zero-order valence-electron chi connectivity index (χ0n) is 19.6. The van der Waals surface area contributed by atoms with Crippen LogP contribution in [0.5, 0.6) is 0 Å². The van der Waals surface area contributed by atoms with Crippen LogP contribution in [0, 0.1) is 11.3 Å². The Hall–Kier alpha value is -2.90. The van der Waals surface area contributed by atoms with Crippen LogP contribution in [0.25, 0.3) is 0 Å². The lowest BCUT2D eigenvalue weighted by atomic mass is 9.67. The number of carbonyl (C=O) groups is 4. The smallest absolute Gasteiger partial charge is 0.325 e. The molecule has 1 spiro atoms. The molecule has 1 aliphatic carbocycles. The molecule has 8 heteroatoms. The fourth-order valence-corrected chi connectivity index (χ4v) is 4.53. The Morgan fingerprint density at radius 1 is 1.12 bits per heavy atom. The first-order chi connectivity index (χ1) is 14.9. The molecule has 1 saturated carbocycles. The molecule has 0 radical (unpaired) electrons. The summed E-state index contributed by atoms with van der Waals surface area (Å²) in [5.41, 5.74) is 0.254. The number of hydrogen-bond acceptors (Lipinski definition) is 4. The van der Waals surface area contributed by atoms with Gasteiger partial charge in [0, 0.05) is 17.3 Å². The Kier molecular flexibility index (Phi) is 6.62. The third kappa shape index (κ3) is 5.11. The standard InChI is InChI=1S/C24H34N4O4/c1-15(2)25-20(30)16-6-8-18(9-7-16)26-19(29)14-28-21(31)24(27-22(28)32)12-10-17(11-13-24)23(3,4)5/h6-9,15,17H,10-14H2,1-5H3,(H,25,30)(H,26,29)(H,27,32). The maximum Gasteiger partial charge on any atom is 0.325 e. The molecular weight excluding hydrogens is 408 g/mol. The minimum atomic E-state index is -0.884. The van der Waals surface area contributed by atoms with E-state index in [1.54, 1.807) is 24.3 Å². The molecule has 0 aromatic heterocycles. The van der Waals surface area contributed by atoms with E-state index < -0.39 is 17.5 Å². The van der Waals surface area contributed by atoms with E-state index in [9.17, 15) is 19.2 Å². The van der Waals surface area contributed by atoms with E-state index in [0.29, 0.717) is 30.0 Å². The lowest BCUT2D eigenvalue weighted by molar-refractivity contribution is -0.135. The molecular formula is C24H34N4O4. The lowest BCUT2D eigenvalue weighted by Crippen LogP contribution is -2.50. The van der Waals surface area contributed by atoms with Crippen LogP contribution in [-0.4, -0.2) is 46.8 Å². The summed E-state index contributed by atoms with van der Waals surface area (Å²) in [5.74, 6) is -0.469. The molecule has 0 atom stereocenters. The summed E-state index contributed by atoms with van der Waals surface area (Å²) in [7, 11) is 0. The topological polar surface area (TPSA) is 108 Å². The number of benzene rings is 1. The summed E-state index contributed by atoms with van der Waals surface area (Å²) < 4.78 is 0. The van der Waals surface area contributed by atoms with Crippen molar-refractivity contribution in [1.82, 2.24) is 15.5 Å². The first kappa shape index (κ1) is 23.8. The Morgan fingerprint density at radius 2 is 1.72 bits per heavy atom. The molecule has 2 aliphatic rings. The van der Waals surface area contributed by atoms with E-state index in [-0.39, 0.29) is 29.8 Å². The quantitative estimate of drug-likeness (QED) is 0.608. The molecule has 5 amide bonds. The number of nitrogens with one attached hydrogen (secondary N) is 3. The van der Waals surface area contributed by atoms with Gasteiger partial charge in [-0.1, -0.05) is 20.8 Å². The van der Waals surface area contributed by atoms with E-state index in [1.165, 1.54) is 0 Å². The number of nitrogens with zero attached hydrogens (tertiary/aromatic N) is 1. The summed E-state index contributed by atoms with van der Waals surface area (Å²) >= 11 is 0. The van der Waals surface area contributed by atoms with Gasteiger partial charge >= 0.3 is 6.03 Å². The van der Waals surface area contributed by atoms with Gasteiger partial charge in [-0.15, -0.1) is 0 Å². The van der Waals surface area contributed by atoms with Crippen LogP contribution < -0.4 is 16.0 Å². The van der Waals surface area contributed by atoms with Gasteiger partial charge in [-0.05, 0) is 75.1 Å². The second-order valence-electron chi connectivity index (χ2n) is 10.3. The third-order valence-electron chi connectivity index (χ3n) is 6.46. The zero-order chi connectivity index (χ0) is 23.7. The molecule has 174 valence electrons. The summed E-state index contributed by atoms with van der Waals surface area (Å²) in [6.07, 6.45) is 2.92. The molecule has 1 aromatic carbocycles. The molecule has 1 aromatic rings.